The molecule has 34 heavy (non-hydrogen) atoms. The minimum atomic E-state index is -2.39. The van der Waals surface area contributed by atoms with Crippen molar-refractivity contribution in [1.82, 2.24) is 10.6 Å². The molecule has 10 heteroatoms. The van der Waals surface area contributed by atoms with Crippen molar-refractivity contribution in [2.45, 2.75) is 83.1 Å². The van der Waals surface area contributed by atoms with Crippen LogP contribution in [0, 0.1) is 11.8 Å². The first-order chi connectivity index (χ1) is 15.7. The molecule has 0 bridgehead atoms. The number of rotatable bonds is 12. The summed E-state index contributed by atoms with van der Waals surface area (Å²) in [7, 11) is -2.39. The molecule has 0 radical (unpaired) electrons. The van der Waals surface area contributed by atoms with Gasteiger partial charge in [0.2, 0.25) is 11.8 Å². The van der Waals surface area contributed by atoms with Crippen LogP contribution >= 0.6 is 8.03 Å². The molecule has 1 aromatic rings. The number of aliphatic hydroxyl groups excluding tert-OH is 1. The molecule has 0 saturated heterocycles. The van der Waals surface area contributed by atoms with Gasteiger partial charge in [-0.1, -0.05) is 51.3 Å². The zero-order chi connectivity index (χ0) is 24.4. The predicted octanol–water partition coefficient (Wildman–Crippen LogP) is 2.35. The van der Waals surface area contributed by atoms with E-state index in [-0.39, 0.29) is 36.2 Å². The number of hydrogen-bond donors (Lipinski definition) is 5. The molecule has 5 atom stereocenters. The van der Waals surface area contributed by atoms with Gasteiger partial charge in [-0.05, 0) is 42.4 Å². The van der Waals surface area contributed by atoms with E-state index in [4.69, 9.17) is 0 Å². The molecular weight excluding hydrogens is 457 g/mol. The fraction of sp³-hybridized carbons (Fsp3) is 0.667. The summed E-state index contributed by atoms with van der Waals surface area (Å²) in [5, 5.41) is 19.0. The summed E-state index contributed by atoms with van der Waals surface area (Å²) in [6.45, 7) is 5.42. The van der Waals surface area contributed by atoms with Crippen LogP contribution in [0.2, 0.25) is 0 Å². The fourth-order valence-electron chi connectivity index (χ4n) is 4.33. The maximum Gasteiger partial charge on any atom is 0.509 e. The van der Waals surface area contributed by atoms with E-state index in [1.807, 2.05) is 44.2 Å². The summed E-state index contributed by atoms with van der Waals surface area (Å²) >= 11 is 0. The zero-order valence-electron chi connectivity index (χ0n) is 20.4. The lowest BCUT2D eigenvalue weighted by Crippen LogP contribution is -2.52. The first-order valence-electron chi connectivity index (χ1n) is 11.9. The standard InChI is InChI=1S/C24H38N3O5P.H2O/c1-16(2)22(27-19-12-8-5-9-13-19)24(30)26-17(3)23(29)25-15-20(28)14-21(33(31)32)18-10-6-4-7-11-18;/h5,8-9,12-13,16-18,20-22,27-28H,4,6-7,10-11,14-15H2,1-3H3,(H2-,25,26,29,30,31,32);1H2/p+1/t17-,20+,21?,22-;/m0./s1. The Bertz CT molecular complexity index is 773. The molecule has 0 aromatic heterocycles. The van der Waals surface area contributed by atoms with Crippen molar-refractivity contribution in [2.24, 2.45) is 11.8 Å². The van der Waals surface area contributed by atoms with Crippen LogP contribution in [-0.4, -0.2) is 57.7 Å². The van der Waals surface area contributed by atoms with Gasteiger partial charge < -0.3 is 26.5 Å². The van der Waals surface area contributed by atoms with Gasteiger partial charge in [-0.15, -0.1) is 0 Å². The average molecular weight is 499 g/mol. The highest BCUT2D eigenvalue weighted by Crippen LogP contribution is 2.40. The second-order valence-corrected chi connectivity index (χ2v) is 10.6. The Balaban J connectivity index is 0.00000578. The molecule has 1 aliphatic carbocycles. The van der Waals surface area contributed by atoms with Crippen molar-refractivity contribution < 1.29 is 29.6 Å². The van der Waals surface area contributed by atoms with Gasteiger partial charge in [0.1, 0.15) is 12.1 Å². The van der Waals surface area contributed by atoms with E-state index in [1.165, 1.54) is 0 Å². The van der Waals surface area contributed by atoms with Crippen molar-refractivity contribution >= 4 is 25.5 Å². The van der Waals surface area contributed by atoms with Gasteiger partial charge in [-0.2, -0.15) is 4.89 Å². The molecule has 0 aliphatic heterocycles. The van der Waals surface area contributed by atoms with E-state index in [1.54, 1.807) is 6.92 Å². The summed E-state index contributed by atoms with van der Waals surface area (Å²) in [6.07, 6.45) is 4.30. The van der Waals surface area contributed by atoms with Gasteiger partial charge in [0.05, 0.1) is 6.10 Å². The fourth-order valence-corrected chi connectivity index (χ4v) is 5.42. The second kappa shape index (κ2) is 15.0. The SMILES string of the molecule is CC(C)[C@H](Nc1ccccc1)C(=O)N[C@@H](C)C(=O)NC[C@H](O)CC(C1CCCCC1)[P+](=O)O.O. The highest BCUT2D eigenvalue weighted by atomic mass is 31.1. The van der Waals surface area contributed by atoms with E-state index in [0.717, 1.165) is 37.8 Å². The summed E-state index contributed by atoms with van der Waals surface area (Å²) in [5.74, 6) is -0.556. The number of anilines is 1. The van der Waals surface area contributed by atoms with Crippen molar-refractivity contribution in [1.29, 1.82) is 0 Å². The van der Waals surface area contributed by atoms with E-state index in [0.29, 0.717) is 0 Å². The van der Waals surface area contributed by atoms with Crippen LogP contribution in [-0.2, 0) is 14.2 Å². The molecule has 1 aromatic carbocycles. The number of nitrogens with one attached hydrogen (secondary N) is 3. The molecule has 0 heterocycles. The summed E-state index contributed by atoms with van der Waals surface area (Å²) in [4.78, 5) is 35.0. The number of amides is 2. The normalized spacial score (nSPS) is 18.1. The van der Waals surface area contributed by atoms with Crippen LogP contribution in [0.15, 0.2) is 30.3 Å². The molecule has 0 spiro atoms. The average Bonchev–Trinajstić information content (AvgIpc) is 2.80. The summed E-state index contributed by atoms with van der Waals surface area (Å²) < 4.78 is 11.8. The maximum absolute atomic E-state index is 12.8. The third-order valence-electron chi connectivity index (χ3n) is 6.30. The predicted molar refractivity (Wildman–Crippen MR) is 134 cm³/mol. The number of carbonyl (C=O) groups excluding carboxylic acids is 2. The monoisotopic (exact) mass is 498 g/mol. The Hall–Kier alpha value is -2.06. The number of carbonyl (C=O) groups is 2. The summed E-state index contributed by atoms with van der Waals surface area (Å²) in [5.41, 5.74) is 0.363. The van der Waals surface area contributed by atoms with Crippen LogP contribution in [0.3, 0.4) is 0 Å². The van der Waals surface area contributed by atoms with E-state index < -0.39 is 37.8 Å². The maximum atomic E-state index is 12.8. The lowest BCUT2D eigenvalue weighted by atomic mass is 9.85. The number of aliphatic hydroxyl groups is 1. The van der Waals surface area contributed by atoms with Crippen molar-refractivity contribution in [3.8, 4) is 0 Å². The Kier molecular flexibility index (Phi) is 13.3. The van der Waals surface area contributed by atoms with Crippen LogP contribution in [0.4, 0.5) is 5.69 Å². The second-order valence-electron chi connectivity index (χ2n) is 9.36. The highest BCUT2D eigenvalue weighted by molar-refractivity contribution is 7.38. The molecular formula is C24H41N3O6P+. The lowest BCUT2D eigenvalue weighted by molar-refractivity contribution is -0.129. The molecule has 7 N–H and O–H groups in total. The topological polar surface area (TPSA) is 159 Å². The van der Waals surface area contributed by atoms with Crippen LogP contribution in [0.1, 0.15) is 59.3 Å². The molecule has 2 rings (SSSR count). The van der Waals surface area contributed by atoms with Crippen LogP contribution < -0.4 is 16.0 Å². The minimum Gasteiger partial charge on any atom is -0.412 e. The Morgan fingerprint density at radius 3 is 2.24 bits per heavy atom. The number of hydrogen-bond acceptors (Lipinski definition) is 5. The molecule has 2 amide bonds. The van der Waals surface area contributed by atoms with Crippen LogP contribution in [0.5, 0.6) is 0 Å². The highest BCUT2D eigenvalue weighted by Gasteiger charge is 2.39. The van der Waals surface area contributed by atoms with Crippen molar-refractivity contribution in [3.63, 3.8) is 0 Å². The third kappa shape index (κ3) is 9.66. The zero-order valence-corrected chi connectivity index (χ0v) is 21.3. The number of benzene rings is 1. The van der Waals surface area contributed by atoms with E-state index in [2.05, 4.69) is 16.0 Å². The van der Waals surface area contributed by atoms with E-state index >= 15 is 0 Å². The molecule has 1 aliphatic rings. The minimum absolute atomic E-state index is 0. The van der Waals surface area contributed by atoms with Crippen molar-refractivity contribution in [2.75, 3.05) is 11.9 Å². The van der Waals surface area contributed by atoms with Gasteiger partial charge in [-0.25, -0.2) is 0 Å². The van der Waals surface area contributed by atoms with Gasteiger partial charge in [0, 0.05) is 24.6 Å². The first kappa shape index (κ1) is 30.0. The third-order valence-corrected chi connectivity index (χ3v) is 7.50. The first-order valence-corrected chi connectivity index (χ1v) is 13.2. The van der Waals surface area contributed by atoms with Gasteiger partial charge in [0.25, 0.3) is 0 Å². The Labute approximate surface area is 203 Å². The summed E-state index contributed by atoms with van der Waals surface area (Å²) in [6, 6.07) is 8.11. The van der Waals surface area contributed by atoms with Crippen molar-refractivity contribution in [3.05, 3.63) is 30.3 Å². The Morgan fingerprint density at radius 1 is 1.06 bits per heavy atom. The van der Waals surface area contributed by atoms with E-state index in [9.17, 15) is 24.2 Å². The van der Waals surface area contributed by atoms with Gasteiger partial charge in [-0.3, -0.25) is 9.59 Å². The lowest BCUT2D eigenvalue weighted by Gasteiger charge is -2.25. The molecule has 192 valence electrons. The molecule has 2 unspecified atom stereocenters. The van der Waals surface area contributed by atoms with Gasteiger partial charge >= 0.3 is 8.03 Å². The number of para-hydroxylation sites is 1. The van der Waals surface area contributed by atoms with Gasteiger partial charge in [0.15, 0.2) is 5.66 Å². The molecule has 9 nitrogen and oxygen atoms in total. The van der Waals surface area contributed by atoms with Crippen LogP contribution in [0.25, 0.3) is 0 Å². The quantitative estimate of drug-likeness (QED) is 0.278. The molecule has 1 saturated carbocycles. The Morgan fingerprint density at radius 2 is 1.68 bits per heavy atom. The molecule has 1 fully saturated rings. The smallest absolute Gasteiger partial charge is 0.412 e. The largest absolute Gasteiger partial charge is 0.509 e.